The summed E-state index contributed by atoms with van der Waals surface area (Å²) < 4.78 is 17.3. The first kappa shape index (κ1) is 61.0. The zero-order chi connectivity index (χ0) is 47.7. The zero-order valence-electron chi connectivity index (χ0n) is 41.9. The Bertz CT molecular complexity index is 1420. The van der Waals surface area contributed by atoms with Gasteiger partial charge in [-0.1, -0.05) is 168 Å². The number of hydrogen-bond acceptors (Lipinski definition) is 6. The quantitative estimate of drug-likeness (QED) is 0.0281. The van der Waals surface area contributed by atoms with E-state index in [1.165, 1.54) is 44.9 Å². The smallest absolute Gasteiger partial charge is 0.362 e. The second-order valence-electron chi connectivity index (χ2n) is 17.7. The highest BCUT2D eigenvalue weighted by Gasteiger charge is 2.31. The summed E-state index contributed by atoms with van der Waals surface area (Å²) in [7, 11) is 5.51. The van der Waals surface area contributed by atoms with E-state index < -0.39 is 18.1 Å². The van der Waals surface area contributed by atoms with E-state index in [1.54, 1.807) is 0 Å². The molecule has 0 aromatic rings. The molecule has 0 aromatic carbocycles. The highest BCUT2D eigenvalue weighted by Crippen LogP contribution is 2.13. The highest BCUT2D eigenvalue weighted by molar-refractivity contribution is 5.72. The highest BCUT2D eigenvalue weighted by atomic mass is 16.6. The fourth-order valence-corrected chi connectivity index (χ4v) is 6.75. The number of rotatable bonds is 44. The summed E-state index contributed by atoms with van der Waals surface area (Å²) in [5.41, 5.74) is 0. The van der Waals surface area contributed by atoms with Gasteiger partial charge in [-0.05, 0) is 103 Å². The zero-order valence-corrected chi connectivity index (χ0v) is 41.9. The number of quaternary nitrogens is 1. The van der Waals surface area contributed by atoms with Crippen molar-refractivity contribution in [2.45, 2.75) is 193 Å². The average Bonchev–Trinajstić information content (AvgIpc) is 3.27. The van der Waals surface area contributed by atoms with E-state index in [4.69, 9.17) is 14.2 Å². The van der Waals surface area contributed by atoms with Crippen molar-refractivity contribution in [3.63, 3.8) is 0 Å². The number of carbonyl (C=O) groups is 3. The van der Waals surface area contributed by atoms with Gasteiger partial charge in [0.15, 0.2) is 12.1 Å². The Balaban J connectivity index is 4.39. The molecule has 2 atom stereocenters. The van der Waals surface area contributed by atoms with Gasteiger partial charge < -0.3 is 23.8 Å². The molecule has 8 heteroatoms. The van der Waals surface area contributed by atoms with Crippen molar-refractivity contribution in [1.82, 2.24) is 0 Å². The first-order valence-corrected chi connectivity index (χ1v) is 25.4. The standard InChI is InChI=1S/C57H93NO7/c1-6-8-10-12-14-16-18-20-22-24-26-28-30-31-33-35-37-39-41-43-45-47-55(59)64-52-53(51-63-50-49-54(57(61)62)58(3,4)5)65-56(60)48-46-44-42-40-38-36-34-32-29-27-25-23-21-19-17-15-13-11-9-7-2/h9,11,14-17,20-23,26-29,31,33,37,39,53-54H,6-8,10,12-13,18-19,24-25,30,32,34-36,38,40-52H2,1-5H3/p+1/b11-9+,16-14+,17-15+,22-20+,23-21+,28-26+,29-27+,33-31+,39-37+. The van der Waals surface area contributed by atoms with Crippen molar-refractivity contribution in [3.05, 3.63) is 109 Å². The number of allylic oxidation sites excluding steroid dienone is 18. The van der Waals surface area contributed by atoms with Crippen molar-refractivity contribution in [1.29, 1.82) is 0 Å². The number of hydrogen-bond donors (Lipinski definition) is 1. The second-order valence-corrected chi connectivity index (χ2v) is 17.7. The molecular weight excluding hydrogens is 811 g/mol. The van der Waals surface area contributed by atoms with Crippen LogP contribution in [-0.4, -0.2) is 80.6 Å². The molecule has 0 amide bonds. The van der Waals surface area contributed by atoms with E-state index in [2.05, 4.69) is 123 Å². The van der Waals surface area contributed by atoms with Crippen molar-refractivity contribution in [2.24, 2.45) is 0 Å². The van der Waals surface area contributed by atoms with Gasteiger partial charge in [0.25, 0.3) is 0 Å². The van der Waals surface area contributed by atoms with E-state index >= 15 is 0 Å². The van der Waals surface area contributed by atoms with E-state index in [9.17, 15) is 19.5 Å². The maximum Gasteiger partial charge on any atom is 0.362 e. The lowest BCUT2D eigenvalue weighted by Crippen LogP contribution is -2.50. The van der Waals surface area contributed by atoms with Crippen molar-refractivity contribution < 1.29 is 38.2 Å². The Morgan fingerprint density at radius 1 is 0.477 bits per heavy atom. The third-order valence-corrected chi connectivity index (χ3v) is 10.7. The molecule has 0 heterocycles. The summed E-state index contributed by atoms with van der Waals surface area (Å²) in [6, 6.07) is -0.631. The molecule has 0 aliphatic rings. The fourth-order valence-electron chi connectivity index (χ4n) is 6.75. The number of ether oxygens (including phenoxy) is 3. The molecule has 0 rings (SSSR count). The van der Waals surface area contributed by atoms with Gasteiger partial charge in [0.05, 0.1) is 34.4 Å². The predicted octanol–water partition coefficient (Wildman–Crippen LogP) is 14.8. The topological polar surface area (TPSA) is 99.1 Å². The number of carboxylic acids is 1. The predicted molar refractivity (Wildman–Crippen MR) is 275 cm³/mol. The molecule has 65 heavy (non-hydrogen) atoms. The first-order valence-electron chi connectivity index (χ1n) is 25.4. The fraction of sp³-hybridized carbons (Fsp3) is 0.632. The van der Waals surface area contributed by atoms with Crippen LogP contribution < -0.4 is 0 Å². The molecule has 368 valence electrons. The SMILES string of the molecule is CC/C=C/C/C=C/C/C=C/C/C=C/CCCCCCCCCC(=O)OC(COCCC(C(=O)O)[N+](C)(C)C)COC(=O)CCCC/C=C/C/C=C/C/C=C/C/C=C/C/C=C/CCCCC. The van der Waals surface area contributed by atoms with Gasteiger partial charge in [0.2, 0.25) is 0 Å². The van der Waals surface area contributed by atoms with Gasteiger partial charge in [-0.15, -0.1) is 0 Å². The average molecular weight is 905 g/mol. The Labute approximate surface area is 398 Å². The molecule has 0 aliphatic heterocycles. The molecule has 0 radical (unpaired) electrons. The van der Waals surface area contributed by atoms with Gasteiger partial charge in [0.1, 0.15) is 6.61 Å². The Hall–Kier alpha value is -4.01. The molecule has 0 aliphatic carbocycles. The summed E-state index contributed by atoms with van der Waals surface area (Å²) in [6.07, 6.45) is 64.2. The molecule has 0 fully saturated rings. The molecule has 0 saturated heterocycles. The van der Waals surface area contributed by atoms with Crippen LogP contribution in [0.4, 0.5) is 0 Å². The minimum Gasteiger partial charge on any atom is -0.477 e. The summed E-state index contributed by atoms with van der Waals surface area (Å²) >= 11 is 0. The number of esters is 2. The van der Waals surface area contributed by atoms with Crippen LogP contribution in [0.3, 0.4) is 0 Å². The molecule has 1 N–H and O–H groups in total. The molecule has 0 aromatic heterocycles. The summed E-state index contributed by atoms with van der Waals surface area (Å²) in [5.74, 6) is -1.55. The molecule has 2 unspecified atom stereocenters. The maximum absolute atomic E-state index is 12.8. The summed E-state index contributed by atoms with van der Waals surface area (Å²) in [6.45, 7) is 4.53. The van der Waals surface area contributed by atoms with Crippen LogP contribution >= 0.6 is 0 Å². The van der Waals surface area contributed by atoms with E-state index in [1.807, 2.05) is 21.1 Å². The Morgan fingerprint density at radius 3 is 1.31 bits per heavy atom. The van der Waals surface area contributed by atoms with Crippen molar-refractivity contribution in [3.8, 4) is 0 Å². The van der Waals surface area contributed by atoms with E-state index in [-0.39, 0.29) is 36.2 Å². The minimum atomic E-state index is -0.887. The lowest BCUT2D eigenvalue weighted by Gasteiger charge is -2.31. The number of nitrogens with zero attached hydrogens (tertiary/aromatic N) is 1. The van der Waals surface area contributed by atoms with Crippen LogP contribution in [0, 0.1) is 0 Å². The largest absolute Gasteiger partial charge is 0.477 e. The molecular formula is C57H94NO7+. The number of aliphatic carboxylic acids is 1. The third-order valence-electron chi connectivity index (χ3n) is 10.7. The number of carboxylic acid groups (broad SMARTS) is 1. The third kappa shape index (κ3) is 45.0. The van der Waals surface area contributed by atoms with Gasteiger partial charge >= 0.3 is 17.9 Å². The Kier molecular flexibility index (Phi) is 43.6. The van der Waals surface area contributed by atoms with Gasteiger partial charge in [-0.2, -0.15) is 0 Å². The normalized spacial score (nSPS) is 13.8. The van der Waals surface area contributed by atoms with E-state index in [0.29, 0.717) is 25.7 Å². The van der Waals surface area contributed by atoms with Crippen LogP contribution in [-0.2, 0) is 28.6 Å². The molecule has 0 spiro atoms. The second kappa shape index (κ2) is 46.5. The number of carbonyl (C=O) groups excluding carboxylic acids is 2. The molecule has 0 saturated carbocycles. The van der Waals surface area contributed by atoms with Crippen LogP contribution in [0.15, 0.2) is 109 Å². The van der Waals surface area contributed by atoms with Crippen molar-refractivity contribution in [2.75, 3.05) is 41.0 Å². The minimum absolute atomic E-state index is 0.0354. The number of unbranched alkanes of at least 4 members (excludes halogenated alkanes) is 12. The first-order chi connectivity index (χ1) is 31.6. The monoisotopic (exact) mass is 905 g/mol. The maximum atomic E-state index is 12.8. The van der Waals surface area contributed by atoms with Crippen LogP contribution in [0.1, 0.15) is 181 Å². The van der Waals surface area contributed by atoms with Gasteiger partial charge in [-0.25, -0.2) is 4.79 Å². The summed E-state index contributed by atoms with van der Waals surface area (Å²) in [5, 5.41) is 9.65. The molecule has 8 nitrogen and oxygen atoms in total. The molecule has 0 bridgehead atoms. The lowest BCUT2D eigenvalue weighted by molar-refractivity contribution is -0.887. The van der Waals surface area contributed by atoms with E-state index in [0.717, 1.165) is 96.3 Å². The lowest BCUT2D eigenvalue weighted by atomic mass is 10.1. The Morgan fingerprint density at radius 2 is 0.862 bits per heavy atom. The van der Waals surface area contributed by atoms with Crippen molar-refractivity contribution >= 4 is 17.9 Å². The van der Waals surface area contributed by atoms with Crippen LogP contribution in [0.25, 0.3) is 0 Å². The van der Waals surface area contributed by atoms with Gasteiger partial charge in [-0.3, -0.25) is 9.59 Å². The van der Waals surface area contributed by atoms with Crippen LogP contribution in [0.5, 0.6) is 0 Å². The van der Waals surface area contributed by atoms with Gasteiger partial charge in [0, 0.05) is 19.3 Å². The number of likely N-dealkylation sites (N-methyl/N-ethyl adjacent to an activating group) is 1. The van der Waals surface area contributed by atoms with Crippen LogP contribution in [0.2, 0.25) is 0 Å². The summed E-state index contributed by atoms with van der Waals surface area (Å²) in [4.78, 5) is 37.2.